The summed E-state index contributed by atoms with van der Waals surface area (Å²) in [5.41, 5.74) is 11.7. The smallest absolute Gasteiger partial charge is 0.135 e. The molecule has 0 N–H and O–H groups in total. The van der Waals surface area contributed by atoms with E-state index in [9.17, 15) is 0 Å². The van der Waals surface area contributed by atoms with Crippen molar-refractivity contribution in [2.45, 2.75) is 0 Å². The van der Waals surface area contributed by atoms with Crippen LogP contribution >= 0.6 is 0 Å². The van der Waals surface area contributed by atoms with E-state index in [4.69, 9.17) is 4.42 Å². The largest absolute Gasteiger partial charge is 0.456 e. The zero-order valence-corrected chi connectivity index (χ0v) is 26.7. The molecule has 0 fully saturated rings. The van der Waals surface area contributed by atoms with E-state index in [0.717, 1.165) is 21.9 Å². The fourth-order valence-electron chi connectivity index (χ4n) is 7.79. The highest BCUT2D eigenvalue weighted by Crippen LogP contribution is 2.46. The van der Waals surface area contributed by atoms with Gasteiger partial charge in [0.2, 0.25) is 0 Å². The number of para-hydroxylation sites is 1. The lowest BCUT2D eigenvalue weighted by atomic mass is 9.84. The van der Waals surface area contributed by atoms with Crippen LogP contribution in [0.15, 0.2) is 186 Å². The third kappa shape index (κ3) is 4.47. The third-order valence-corrected chi connectivity index (χ3v) is 10.1. The second-order valence-corrected chi connectivity index (χ2v) is 12.8. The standard InChI is InChI=1S/C48H30O/c1-2-12-31(13-3-1)33-15-10-16-34(28-33)35-25-24-32-14-11-22-42(43(32)29-35)48-40-20-6-4-18-38(40)47(39-19-5-7-21-41(39)48)36-26-27-46-44(30-36)37-17-8-9-23-45(37)49-46/h1-30H. The summed E-state index contributed by atoms with van der Waals surface area (Å²) in [6, 6.07) is 65.9. The molecule has 0 aliphatic carbocycles. The van der Waals surface area contributed by atoms with E-state index in [1.165, 1.54) is 76.8 Å². The Morgan fingerprint density at radius 3 is 1.55 bits per heavy atom. The highest BCUT2D eigenvalue weighted by atomic mass is 16.3. The third-order valence-electron chi connectivity index (χ3n) is 10.1. The van der Waals surface area contributed by atoms with Crippen LogP contribution in [0.5, 0.6) is 0 Å². The summed E-state index contributed by atoms with van der Waals surface area (Å²) in [6.45, 7) is 0. The van der Waals surface area contributed by atoms with Crippen molar-refractivity contribution in [2.24, 2.45) is 0 Å². The molecule has 0 aliphatic heterocycles. The minimum atomic E-state index is 0.913. The molecule has 1 heteroatoms. The minimum absolute atomic E-state index is 0.913. The fraction of sp³-hybridized carbons (Fsp3) is 0. The molecule has 0 bridgehead atoms. The Labute approximate surface area is 284 Å². The monoisotopic (exact) mass is 622 g/mol. The maximum atomic E-state index is 6.21. The molecular weight excluding hydrogens is 593 g/mol. The second-order valence-electron chi connectivity index (χ2n) is 12.8. The van der Waals surface area contributed by atoms with Gasteiger partial charge in [-0.2, -0.15) is 0 Å². The van der Waals surface area contributed by atoms with Gasteiger partial charge in [-0.05, 0) is 107 Å². The Morgan fingerprint density at radius 2 is 0.796 bits per heavy atom. The van der Waals surface area contributed by atoms with Crippen molar-refractivity contribution in [2.75, 3.05) is 0 Å². The first kappa shape index (κ1) is 27.7. The van der Waals surface area contributed by atoms with Gasteiger partial charge < -0.3 is 4.42 Å². The molecule has 0 saturated heterocycles. The second kappa shape index (κ2) is 11.1. The van der Waals surface area contributed by atoms with Gasteiger partial charge in [0.15, 0.2) is 0 Å². The lowest BCUT2D eigenvalue weighted by Gasteiger charge is -2.19. The maximum absolute atomic E-state index is 6.21. The summed E-state index contributed by atoms with van der Waals surface area (Å²) in [7, 11) is 0. The molecule has 1 aromatic heterocycles. The molecule has 10 aromatic rings. The van der Waals surface area contributed by atoms with Crippen LogP contribution in [0.25, 0.3) is 98.8 Å². The topological polar surface area (TPSA) is 13.1 Å². The first-order valence-electron chi connectivity index (χ1n) is 16.8. The van der Waals surface area contributed by atoms with E-state index >= 15 is 0 Å². The van der Waals surface area contributed by atoms with E-state index in [1.807, 2.05) is 12.1 Å². The molecule has 0 amide bonds. The van der Waals surface area contributed by atoms with Gasteiger partial charge in [-0.1, -0.05) is 152 Å². The van der Waals surface area contributed by atoms with Gasteiger partial charge in [0, 0.05) is 10.8 Å². The Hall–Kier alpha value is -6.44. The zero-order chi connectivity index (χ0) is 32.3. The summed E-state index contributed by atoms with van der Waals surface area (Å²) in [5.74, 6) is 0. The van der Waals surface area contributed by atoms with Crippen LogP contribution in [0, 0.1) is 0 Å². The van der Waals surface area contributed by atoms with Crippen molar-refractivity contribution in [1.29, 1.82) is 0 Å². The van der Waals surface area contributed by atoms with Crippen molar-refractivity contribution in [3.8, 4) is 44.5 Å². The molecule has 1 heterocycles. The quantitative estimate of drug-likeness (QED) is 0.178. The molecule has 0 unspecified atom stereocenters. The van der Waals surface area contributed by atoms with Gasteiger partial charge in [-0.3, -0.25) is 0 Å². The molecule has 0 aliphatic rings. The Kier molecular flexibility index (Phi) is 6.25. The van der Waals surface area contributed by atoms with Crippen LogP contribution in [0.3, 0.4) is 0 Å². The first-order chi connectivity index (χ1) is 24.3. The Bertz CT molecular complexity index is 2820. The van der Waals surface area contributed by atoms with E-state index in [2.05, 4.69) is 170 Å². The number of hydrogen-bond acceptors (Lipinski definition) is 1. The molecule has 0 atom stereocenters. The predicted molar refractivity (Wildman–Crippen MR) is 208 cm³/mol. The Balaban J connectivity index is 1.22. The maximum Gasteiger partial charge on any atom is 0.135 e. The van der Waals surface area contributed by atoms with Gasteiger partial charge in [0.25, 0.3) is 0 Å². The summed E-state index contributed by atoms with van der Waals surface area (Å²) >= 11 is 0. The van der Waals surface area contributed by atoms with Crippen LogP contribution in [0.2, 0.25) is 0 Å². The molecule has 0 spiro atoms. The van der Waals surface area contributed by atoms with Crippen molar-refractivity contribution in [3.63, 3.8) is 0 Å². The number of hydrogen-bond donors (Lipinski definition) is 0. The van der Waals surface area contributed by atoms with Gasteiger partial charge >= 0.3 is 0 Å². The van der Waals surface area contributed by atoms with E-state index in [1.54, 1.807) is 0 Å². The molecule has 228 valence electrons. The summed E-state index contributed by atoms with van der Waals surface area (Å²) in [5, 5.41) is 9.75. The van der Waals surface area contributed by atoms with Crippen LogP contribution in [0.1, 0.15) is 0 Å². The molecule has 1 nitrogen and oxygen atoms in total. The van der Waals surface area contributed by atoms with Crippen LogP contribution in [0.4, 0.5) is 0 Å². The van der Waals surface area contributed by atoms with Crippen molar-refractivity contribution in [1.82, 2.24) is 0 Å². The summed E-state index contributed by atoms with van der Waals surface area (Å²) in [6.07, 6.45) is 0. The minimum Gasteiger partial charge on any atom is -0.456 e. The molecule has 9 aromatic carbocycles. The number of fused-ring (bicyclic) bond motifs is 6. The normalized spacial score (nSPS) is 11.7. The SMILES string of the molecule is c1ccc(-c2cccc(-c3ccc4cccc(-c5c6ccccc6c(-c6ccc7oc8ccccc8c7c6)c6ccccc56)c4c3)c2)cc1. The highest BCUT2D eigenvalue weighted by Gasteiger charge is 2.19. The van der Waals surface area contributed by atoms with Gasteiger partial charge in [0.1, 0.15) is 11.2 Å². The number of rotatable bonds is 4. The molecule has 0 radical (unpaired) electrons. The first-order valence-corrected chi connectivity index (χ1v) is 16.8. The van der Waals surface area contributed by atoms with E-state index < -0.39 is 0 Å². The van der Waals surface area contributed by atoms with Crippen LogP contribution < -0.4 is 0 Å². The van der Waals surface area contributed by atoms with Crippen molar-refractivity contribution in [3.05, 3.63) is 182 Å². The number of benzene rings is 9. The average molecular weight is 623 g/mol. The van der Waals surface area contributed by atoms with Crippen LogP contribution in [-0.4, -0.2) is 0 Å². The van der Waals surface area contributed by atoms with Gasteiger partial charge in [-0.25, -0.2) is 0 Å². The van der Waals surface area contributed by atoms with Crippen LogP contribution in [-0.2, 0) is 0 Å². The van der Waals surface area contributed by atoms with Gasteiger partial charge in [0.05, 0.1) is 0 Å². The predicted octanol–water partition coefficient (Wildman–Crippen LogP) is 13.7. The fourth-order valence-corrected chi connectivity index (χ4v) is 7.79. The van der Waals surface area contributed by atoms with Crippen molar-refractivity contribution >= 4 is 54.3 Å². The lowest BCUT2D eigenvalue weighted by Crippen LogP contribution is -1.92. The summed E-state index contributed by atoms with van der Waals surface area (Å²) in [4.78, 5) is 0. The Morgan fingerprint density at radius 1 is 0.265 bits per heavy atom. The van der Waals surface area contributed by atoms with E-state index in [0.29, 0.717) is 0 Å². The molecule has 0 saturated carbocycles. The number of furan rings is 1. The van der Waals surface area contributed by atoms with Gasteiger partial charge in [-0.15, -0.1) is 0 Å². The summed E-state index contributed by atoms with van der Waals surface area (Å²) < 4.78 is 6.21. The highest BCUT2D eigenvalue weighted by molar-refractivity contribution is 6.24. The molecular formula is C48H30O. The average Bonchev–Trinajstić information content (AvgIpc) is 3.55. The molecule has 49 heavy (non-hydrogen) atoms. The van der Waals surface area contributed by atoms with E-state index in [-0.39, 0.29) is 0 Å². The molecule has 10 rings (SSSR count). The van der Waals surface area contributed by atoms with Crippen molar-refractivity contribution < 1.29 is 4.42 Å². The lowest BCUT2D eigenvalue weighted by molar-refractivity contribution is 0.669. The zero-order valence-electron chi connectivity index (χ0n) is 26.7.